The molecule has 0 spiro atoms. The Kier molecular flexibility index (Phi) is 9.42. The fourth-order valence-electron chi connectivity index (χ4n) is 4.88. The molecule has 1 heterocycles. The molecule has 1 saturated heterocycles. The summed E-state index contributed by atoms with van der Waals surface area (Å²) in [4.78, 5) is 14.9. The van der Waals surface area contributed by atoms with Crippen LogP contribution in [0.15, 0.2) is 112 Å². The summed E-state index contributed by atoms with van der Waals surface area (Å²) in [6.07, 6.45) is 0. The van der Waals surface area contributed by atoms with Gasteiger partial charge in [-0.1, -0.05) is 72.3 Å². The third-order valence-corrected chi connectivity index (χ3v) is 9.67. The van der Waals surface area contributed by atoms with E-state index in [1.54, 1.807) is 30.3 Å². The number of benzene rings is 4. The van der Waals surface area contributed by atoms with E-state index in [1.165, 1.54) is 27.6 Å². The molecule has 7 nitrogen and oxygen atoms in total. The minimum absolute atomic E-state index is 0.0509. The minimum atomic E-state index is -3.69. The van der Waals surface area contributed by atoms with Crippen LogP contribution in [0.2, 0.25) is 5.02 Å². The van der Waals surface area contributed by atoms with Gasteiger partial charge in [-0.2, -0.15) is 4.31 Å². The van der Waals surface area contributed by atoms with Gasteiger partial charge in [0.1, 0.15) is 5.75 Å². The van der Waals surface area contributed by atoms with Gasteiger partial charge in [0, 0.05) is 36.9 Å². The lowest BCUT2D eigenvalue weighted by molar-refractivity contribution is -0.118. The van der Waals surface area contributed by atoms with Crippen LogP contribution in [0.5, 0.6) is 5.75 Å². The Hall–Kier alpha value is -3.21. The van der Waals surface area contributed by atoms with Gasteiger partial charge in [0.2, 0.25) is 10.0 Å². The summed E-state index contributed by atoms with van der Waals surface area (Å²) in [6.45, 7) is 1.76. The Morgan fingerprint density at radius 2 is 1.44 bits per heavy atom. The Morgan fingerprint density at radius 3 is 2.00 bits per heavy atom. The maximum atomic E-state index is 13.4. The third kappa shape index (κ3) is 7.17. The molecule has 5 rings (SSSR count). The zero-order valence-corrected chi connectivity index (χ0v) is 25.3. The van der Waals surface area contributed by atoms with Crippen LogP contribution in [0.1, 0.15) is 17.2 Å². The van der Waals surface area contributed by atoms with E-state index in [-0.39, 0.29) is 23.5 Å². The first-order chi connectivity index (χ1) is 19.8. The molecule has 0 radical (unpaired) electrons. The number of sulfonamides is 1. The molecule has 1 fully saturated rings. The van der Waals surface area contributed by atoms with Gasteiger partial charge in [-0.25, -0.2) is 8.42 Å². The number of halogens is 2. The number of carbonyl (C=O) groups is 1. The lowest BCUT2D eigenvalue weighted by Crippen LogP contribution is -2.49. The van der Waals surface area contributed by atoms with E-state index in [2.05, 4.69) is 50.4 Å². The van der Waals surface area contributed by atoms with Crippen LogP contribution in [0.4, 0.5) is 5.69 Å². The molecule has 1 N–H and O–H groups in total. The van der Waals surface area contributed by atoms with Gasteiger partial charge in [0.25, 0.3) is 5.91 Å². The maximum Gasteiger partial charge on any atom is 0.262 e. The van der Waals surface area contributed by atoms with E-state index in [0.29, 0.717) is 47.1 Å². The summed E-state index contributed by atoms with van der Waals surface area (Å²) in [7, 11) is -3.69. The van der Waals surface area contributed by atoms with Gasteiger partial charge in [-0.05, 0) is 69.5 Å². The van der Waals surface area contributed by atoms with E-state index in [9.17, 15) is 13.2 Å². The number of hydrogen-bond donors (Lipinski definition) is 1. The van der Waals surface area contributed by atoms with Gasteiger partial charge < -0.3 is 10.1 Å². The van der Waals surface area contributed by atoms with E-state index in [4.69, 9.17) is 16.3 Å². The van der Waals surface area contributed by atoms with Crippen molar-refractivity contribution in [3.05, 3.63) is 124 Å². The standard InChI is InChI=1S/C31H29BrClN3O4S/c32-28-21-25(33)11-16-29(28)40-22-30(37)34-26-12-14-27(15-13-26)41(38,39)36-19-17-35(18-20-36)31(23-7-3-1-4-8-23)24-9-5-2-6-10-24/h1-16,21,31H,17-20,22H2,(H,34,37). The van der Waals surface area contributed by atoms with Crippen molar-refractivity contribution >= 4 is 49.1 Å². The van der Waals surface area contributed by atoms with Crippen molar-refractivity contribution in [2.75, 3.05) is 38.1 Å². The van der Waals surface area contributed by atoms with Gasteiger partial charge in [0.15, 0.2) is 6.61 Å². The lowest BCUT2D eigenvalue weighted by atomic mass is 9.96. The van der Waals surface area contributed by atoms with Crippen molar-refractivity contribution in [1.29, 1.82) is 0 Å². The number of anilines is 1. The molecule has 1 aliphatic rings. The number of piperazine rings is 1. The topological polar surface area (TPSA) is 78.9 Å². The van der Waals surface area contributed by atoms with Crippen LogP contribution in [0.3, 0.4) is 0 Å². The molecular formula is C31H29BrClN3O4S. The second-order valence-electron chi connectivity index (χ2n) is 9.60. The minimum Gasteiger partial charge on any atom is -0.483 e. The third-order valence-electron chi connectivity index (χ3n) is 6.90. The normalized spacial score (nSPS) is 14.6. The van der Waals surface area contributed by atoms with Crippen molar-refractivity contribution in [1.82, 2.24) is 9.21 Å². The Morgan fingerprint density at radius 1 is 0.854 bits per heavy atom. The summed E-state index contributed by atoms with van der Waals surface area (Å²) in [5.41, 5.74) is 2.84. The fourth-order valence-corrected chi connectivity index (χ4v) is 7.10. The first kappa shape index (κ1) is 29.3. The second kappa shape index (κ2) is 13.2. The lowest BCUT2D eigenvalue weighted by Gasteiger charge is -2.39. The molecule has 1 amide bonds. The van der Waals surface area contributed by atoms with Crippen LogP contribution in [0.25, 0.3) is 0 Å². The fraction of sp³-hybridized carbons (Fsp3) is 0.194. The van der Waals surface area contributed by atoms with Crippen molar-refractivity contribution < 1.29 is 17.9 Å². The number of ether oxygens (including phenoxy) is 1. The number of rotatable bonds is 9. The first-order valence-corrected chi connectivity index (χ1v) is 15.7. The van der Waals surface area contributed by atoms with E-state index in [0.717, 1.165) is 0 Å². The number of carbonyl (C=O) groups excluding carboxylic acids is 1. The molecule has 212 valence electrons. The highest BCUT2D eigenvalue weighted by Crippen LogP contribution is 2.31. The van der Waals surface area contributed by atoms with Gasteiger partial charge >= 0.3 is 0 Å². The van der Waals surface area contributed by atoms with Crippen molar-refractivity contribution in [2.24, 2.45) is 0 Å². The number of amides is 1. The summed E-state index contributed by atoms with van der Waals surface area (Å²) < 4.78 is 34.6. The predicted octanol–water partition coefficient (Wildman–Crippen LogP) is 6.22. The molecule has 0 unspecified atom stereocenters. The summed E-state index contributed by atoms with van der Waals surface area (Å²) >= 11 is 9.28. The van der Waals surface area contributed by atoms with Crippen LogP contribution >= 0.6 is 27.5 Å². The molecule has 4 aromatic carbocycles. The number of hydrogen-bond acceptors (Lipinski definition) is 5. The van der Waals surface area contributed by atoms with Gasteiger partial charge in [-0.3, -0.25) is 9.69 Å². The van der Waals surface area contributed by atoms with Crippen molar-refractivity contribution in [2.45, 2.75) is 10.9 Å². The van der Waals surface area contributed by atoms with Crippen molar-refractivity contribution in [3.63, 3.8) is 0 Å². The predicted molar refractivity (Wildman–Crippen MR) is 165 cm³/mol. The molecule has 0 aliphatic carbocycles. The molecule has 0 saturated carbocycles. The van der Waals surface area contributed by atoms with E-state index < -0.39 is 10.0 Å². The van der Waals surface area contributed by atoms with Crippen LogP contribution < -0.4 is 10.1 Å². The zero-order valence-electron chi connectivity index (χ0n) is 22.1. The van der Waals surface area contributed by atoms with E-state index in [1.807, 2.05) is 36.4 Å². The molecule has 1 aliphatic heterocycles. The van der Waals surface area contributed by atoms with E-state index >= 15 is 0 Å². The van der Waals surface area contributed by atoms with Gasteiger partial charge in [-0.15, -0.1) is 0 Å². The average Bonchev–Trinajstić information content (AvgIpc) is 2.98. The largest absolute Gasteiger partial charge is 0.483 e. The summed E-state index contributed by atoms with van der Waals surface area (Å²) in [5.74, 6) is 0.120. The Bertz CT molecular complexity index is 1540. The number of nitrogens with zero attached hydrogens (tertiary/aromatic N) is 2. The maximum absolute atomic E-state index is 13.4. The molecule has 41 heavy (non-hydrogen) atoms. The van der Waals surface area contributed by atoms with Crippen LogP contribution in [-0.2, 0) is 14.8 Å². The number of nitrogens with one attached hydrogen (secondary N) is 1. The molecule has 4 aromatic rings. The molecule has 0 aromatic heterocycles. The first-order valence-electron chi connectivity index (χ1n) is 13.1. The second-order valence-corrected chi connectivity index (χ2v) is 12.8. The molecule has 10 heteroatoms. The average molecular weight is 655 g/mol. The summed E-state index contributed by atoms with van der Waals surface area (Å²) in [6, 6.07) is 31.9. The van der Waals surface area contributed by atoms with Crippen molar-refractivity contribution in [3.8, 4) is 5.75 Å². The summed E-state index contributed by atoms with van der Waals surface area (Å²) in [5, 5.41) is 3.28. The SMILES string of the molecule is O=C(COc1ccc(Cl)cc1Br)Nc1ccc(S(=O)(=O)N2CCN(C(c3ccccc3)c3ccccc3)CC2)cc1. The quantitative estimate of drug-likeness (QED) is 0.232. The highest BCUT2D eigenvalue weighted by molar-refractivity contribution is 9.10. The monoisotopic (exact) mass is 653 g/mol. The highest BCUT2D eigenvalue weighted by atomic mass is 79.9. The zero-order chi connectivity index (χ0) is 28.8. The molecule has 0 atom stereocenters. The van der Waals surface area contributed by atoms with Gasteiger partial charge in [0.05, 0.1) is 15.4 Å². The highest BCUT2D eigenvalue weighted by Gasteiger charge is 2.32. The van der Waals surface area contributed by atoms with Crippen LogP contribution in [-0.4, -0.2) is 56.3 Å². The Labute approximate surface area is 253 Å². The molecule has 0 bridgehead atoms. The van der Waals surface area contributed by atoms with Crippen LogP contribution in [0, 0.1) is 0 Å². The Balaban J connectivity index is 1.20. The molecular weight excluding hydrogens is 626 g/mol. The smallest absolute Gasteiger partial charge is 0.262 e.